The molecule has 637 valence electrons. The van der Waals surface area contributed by atoms with Gasteiger partial charge >= 0.3 is 74.4 Å². The Morgan fingerprint density at radius 3 is 1.04 bits per heavy atom. The van der Waals surface area contributed by atoms with Gasteiger partial charge in [-0.3, -0.25) is 4.79 Å². The Hall–Kier alpha value is -3.07. The first-order chi connectivity index (χ1) is 54.7. The predicted molar refractivity (Wildman–Crippen MR) is 559 cm³/mol. The predicted octanol–water partition coefficient (Wildman–Crippen LogP) is 25.2. The molecule has 0 unspecified atom stereocenters. The third-order valence-electron chi connectivity index (χ3n) is 11.8. The summed E-state index contributed by atoms with van der Waals surface area (Å²) in [5.41, 5.74) is 17.8. The molecular weight excluding hydrogens is 2420 g/mol. The van der Waals surface area contributed by atoms with E-state index in [0.29, 0.717) is 16.8 Å². The number of nitriles is 2. The summed E-state index contributed by atoms with van der Waals surface area (Å²) in [6.45, 7) is 42.2. The molecule has 1 aliphatic rings. The van der Waals surface area contributed by atoms with Crippen LogP contribution in [0, 0.1) is 64.2 Å². The van der Waals surface area contributed by atoms with Crippen molar-refractivity contribution in [3.8, 4) is 12.1 Å². The fourth-order valence-electron chi connectivity index (χ4n) is 6.98. The number of nitrogens with zero attached hydrogens (tertiary/aromatic N) is 4. The third-order valence-corrected chi connectivity index (χ3v) is 19.8. The molecule has 0 amide bonds. The summed E-state index contributed by atoms with van der Waals surface area (Å²) in [6, 6.07) is 89.1. The molecule has 1 fully saturated rings. The maximum Gasteiger partial charge on any atom is 1.00 e. The Balaban J connectivity index is -0.000000103. The van der Waals surface area contributed by atoms with Gasteiger partial charge in [0.1, 0.15) is 17.7 Å². The Kier molecular flexibility index (Phi) is 126. The number of carbonyl (C=O) groups is 2. The number of aromatic carboxylic acids is 1. The van der Waals surface area contributed by atoms with E-state index in [9.17, 15) is 14.5 Å². The van der Waals surface area contributed by atoms with E-state index >= 15 is 0 Å². The minimum Gasteiger partial charge on any atom is -0.870 e. The number of rotatable bonds is 8. The number of aldehydes is 1. The number of carboxylic acids is 1. The number of ether oxygens (including phenoxy) is 1. The van der Waals surface area contributed by atoms with E-state index in [4.69, 9.17) is 48.8 Å². The summed E-state index contributed by atoms with van der Waals surface area (Å²) in [6.07, 6.45) is 3.42. The molecule has 1 heterocycles. The molecule has 0 saturated carbocycles. The summed E-state index contributed by atoms with van der Waals surface area (Å²) < 4.78 is 11.4. The smallest absolute Gasteiger partial charge is 0.870 e. The van der Waals surface area contributed by atoms with E-state index in [-0.39, 0.29) is 88.9 Å². The van der Waals surface area contributed by atoms with Gasteiger partial charge < -0.3 is 48.6 Å². The van der Waals surface area contributed by atoms with Crippen LogP contribution in [0.25, 0.3) is 0 Å². The summed E-state index contributed by atoms with van der Waals surface area (Å²) in [5, 5.41) is 47.8. The maximum absolute atomic E-state index is 10.4. The van der Waals surface area contributed by atoms with Crippen molar-refractivity contribution >= 4 is 230 Å². The van der Waals surface area contributed by atoms with Crippen LogP contribution in [0.3, 0.4) is 0 Å². The zero-order chi connectivity index (χ0) is 88.1. The molecule has 0 spiro atoms. The van der Waals surface area contributed by atoms with Crippen molar-refractivity contribution in [2.24, 2.45) is 5.34 Å². The van der Waals surface area contributed by atoms with Crippen LogP contribution in [0.1, 0.15) is 179 Å². The van der Waals surface area contributed by atoms with Gasteiger partial charge in [-0.05, 0) is 255 Å². The van der Waals surface area contributed by atoms with Gasteiger partial charge in [0, 0.05) is 61.7 Å². The van der Waals surface area contributed by atoms with Gasteiger partial charge in [-0.15, -0.1) is 4.91 Å². The first-order valence-electron chi connectivity index (χ1n) is 36.6. The molecule has 0 aliphatic carbocycles. The van der Waals surface area contributed by atoms with E-state index in [1.54, 1.807) is 69.3 Å². The Morgan fingerprint density at radius 1 is 0.521 bits per heavy atom. The van der Waals surface area contributed by atoms with Crippen molar-refractivity contribution in [3.05, 3.63) is 329 Å². The third kappa shape index (κ3) is 78.6. The van der Waals surface area contributed by atoms with E-state index in [0.717, 1.165) is 67.1 Å². The van der Waals surface area contributed by atoms with E-state index in [1.807, 2.05) is 236 Å². The van der Waals surface area contributed by atoms with Gasteiger partial charge in [-0.2, -0.15) is 10.5 Å². The maximum atomic E-state index is 10.4. The van der Waals surface area contributed by atoms with Crippen molar-refractivity contribution in [2.45, 2.75) is 155 Å². The van der Waals surface area contributed by atoms with Crippen LogP contribution in [0.2, 0.25) is 0 Å². The van der Waals surface area contributed by atoms with Crippen LogP contribution in [0.4, 0.5) is 11.4 Å². The van der Waals surface area contributed by atoms with Gasteiger partial charge in [0.15, 0.2) is 11.6 Å². The van der Waals surface area contributed by atoms with Crippen LogP contribution < -0.4 is 78.8 Å². The Labute approximate surface area is 865 Å². The number of anilines is 2. The Bertz CT molecular complexity index is 3720. The summed E-state index contributed by atoms with van der Waals surface area (Å²) in [5.74, 6) is -0.870. The number of aryl methyl sites for hydroxylation is 1. The van der Waals surface area contributed by atoms with Crippen LogP contribution in [0.15, 0.2) is 266 Å². The standard InChI is InChI=1S/C18H15P.C7H6BrI.C7H4IN.C7H5IO2.C7H7IO.C7H5IO.C7H6N2.C7H9N.C4H9NO2.C4H8O.7C2H6.CH2I2.CN.B.Cu.K.H2O/c1-4-10-16(11-5-1)19(17-12-6-2-7-13-17)18-14-8-3-9-15-18;8-5-6-3-1-2-4-7(6)9;8-7-4-2-1-3-6(7)5-9;8-6-4-2-1-3-5(6)7(9)10;2*8-7-4-2-1-3-6(7)5-9;8-5-6-3-1-2-4-7(6)9;1-6-4-2-3-5-7(6)8;1-4(2,3)7-5-6;1-2-4-5-3-1;7*1-2;2-1-3;1-2;;;;/h1-15H;1-4H,5H2;1-4H;1-4H,(H,9,10);1-4,9H,5H2;1-5H;1-4H,9H2;2-5H,8H2,1H3;1-3H3;1-4H2;7*1-2H3;1H2;;;;;1H2/q;;;;;;;;;;;;;;;;;;-1;;2*+1;/p-1. The molecule has 10 aromatic carbocycles. The number of aliphatic hydroxyl groups excluding tert-OH is 1. The van der Waals surface area contributed by atoms with Gasteiger partial charge in [0.05, 0.1) is 25.7 Å². The zero-order valence-electron chi connectivity index (χ0n) is 71.0. The monoisotopic (exact) mass is 2540 g/mol. The second-order valence-electron chi connectivity index (χ2n) is 20.1. The van der Waals surface area contributed by atoms with E-state index in [2.05, 4.69) is 277 Å². The van der Waals surface area contributed by atoms with Crippen molar-refractivity contribution < 1.29 is 103 Å². The fraction of sp³-hybridized carbons (Fsp3) is 0.286. The molecule has 7 N–H and O–H groups in total. The molecule has 0 aromatic heterocycles. The van der Waals surface area contributed by atoms with E-state index < -0.39 is 19.5 Å². The van der Waals surface area contributed by atoms with Crippen molar-refractivity contribution in [2.75, 3.05) is 27.1 Å². The van der Waals surface area contributed by atoms with Crippen LogP contribution in [-0.2, 0) is 38.6 Å². The summed E-state index contributed by atoms with van der Waals surface area (Å²) in [7, 11) is -0.446. The molecule has 1 saturated heterocycles. The van der Waals surface area contributed by atoms with Crippen molar-refractivity contribution in [3.63, 3.8) is 0 Å². The average molecular weight is 2540 g/mol. The number of hydrogen-bond donors (Lipinski definition) is 4. The Morgan fingerprint density at radius 2 is 0.829 bits per heavy atom. The minimum absolute atomic E-state index is 0. The minimum atomic E-state index is -0.870. The second-order valence-corrected chi connectivity index (χ2v) is 33.1. The zero-order valence-corrected chi connectivity index (χ0v) is 92.7. The van der Waals surface area contributed by atoms with Crippen LogP contribution in [-0.4, -0.2) is 57.6 Å². The first-order valence-corrected chi connectivity index (χ1v) is 47.5. The number of aliphatic hydroxyl groups is 1. The summed E-state index contributed by atoms with van der Waals surface area (Å²) in [4.78, 5) is 34.3. The van der Waals surface area contributed by atoms with Crippen LogP contribution in [0.5, 0.6) is 0 Å². The molecule has 3 radical (unpaired) electrons. The topological polar surface area (TPSA) is 276 Å². The molecule has 11 rings (SSSR count). The largest absolute Gasteiger partial charge is 1.00 e. The SMILES string of the molecule is BrCc1ccccc1I.C1CCOC1.CC.CC.CC.CC.CC.CC.CC.CC(C)(C)ON=O.Cc1ccccc1N.ICI.N#Cc1ccccc1I.N#Cc1ccccc1N.O=C(O)c1ccccc1I.O=Cc1ccccc1I.OCc1ccccc1I.[B].[C-]#N.[Cu+].[K+].[OH-].c1ccc(P(c2ccccc2)c2ccccc2)cc1. The molecular formula is C91H119BBrCuI7KN6O8P. The van der Waals surface area contributed by atoms with Gasteiger partial charge in [-0.1, -0.05) is 358 Å². The second kappa shape index (κ2) is 105. The average Bonchev–Trinajstić information content (AvgIpc) is 0.859. The normalized spacial score (nSPS) is 8.79. The number of nitrogen functional groups attached to an aromatic ring is 2. The van der Waals surface area contributed by atoms with Gasteiger partial charge in [0.25, 0.3) is 0 Å². The van der Waals surface area contributed by atoms with E-state index in [1.165, 1.54) is 40.3 Å². The fourth-order valence-corrected chi connectivity index (χ4v) is 13.1. The molecule has 0 bridgehead atoms. The number of carboxylic acid groups (broad SMARTS) is 1. The molecule has 14 nitrogen and oxygen atoms in total. The molecule has 0 atom stereocenters. The number of para-hydroxylation sites is 2. The summed E-state index contributed by atoms with van der Waals surface area (Å²) >= 11 is 18.7. The van der Waals surface area contributed by atoms with Crippen molar-refractivity contribution in [1.82, 2.24) is 0 Å². The van der Waals surface area contributed by atoms with Crippen molar-refractivity contribution in [1.29, 1.82) is 15.8 Å². The number of nitrogens with two attached hydrogens (primary N) is 2. The number of benzene rings is 10. The molecule has 117 heavy (non-hydrogen) atoms. The number of halogens is 8. The quantitative estimate of drug-likeness (QED) is 0.0127. The number of carbonyl (C=O) groups excluding carboxylic acids is 1. The van der Waals surface area contributed by atoms with Gasteiger partial charge in [-0.25, -0.2) is 4.79 Å². The number of alkyl halides is 3. The first kappa shape index (κ1) is 140. The van der Waals surface area contributed by atoms with Gasteiger partial charge in [0.2, 0.25) is 0 Å². The number of hydrogen-bond acceptors (Lipinski definition) is 13. The van der Waals surface area contributed by atoms with Crippen LogP contribution >= 0.6 is 182 Å². The molecule has 1 aliphatic heterocycles. The molecule has 26 heteroatoms. The molecule has 10 aromatic rings.